The van der Waals surface area contributed by atoms with Crippen molar-refractivity contribution in [1.29, 1.82) is 0 Å². The highest BCUT2D eigenvalue weighted by Gasteiger charge is 2.37. The average molecular weight is 611 g/mol. The molecule has 0 bridgehead atoms. The van der Waals surface area contributed by atoms with E-state index in [-0.39, 0.29) is 25.4 Å². The Morgan fingerprint density at radius 3 is 2.32 bits per heavy atom. The molecule has 0 spiro atoms. The van der Waals surface area contributed by atoms with Crippen LogP contribution in [0.3, 0.4) is 0 Å². The summed E-state index contributed by atoms with van der Waals surface area (Å²) in [7, 11) is 1.57. The topological polar surface area (TPSA) is 160 Å². The number of β-amino-alcohol motifs (C(OH)–C–C–N with tert-alkyl or cyclic N) is 1. The normalized spacial score (nSPS) is 17.2. The molecule has 4 atom stereocenters. The minimum atomic E-state index is -1.22. The number of aliphatic hydroxyl groups excluding tert-OH is 1. The van der Waals surface area contributed by atoms with Crippen LogP contribution in [0, 0.1) is 0 Å². The van der Waals surface area contributed by atoms with Crippen molar-refractivity contribution in [1.82, 2.24) is 15.5 Å². The van der Waals surface area contributed by atoms with Crippen molar-refractivity contribution in [2.75, 3.05) is 20.2 Å². The van der Waals surface area contributed by atoms with Crippen molar-refractivity contribution < 1.29 is 33.8 Å². The zero-order chi connectivity index (χ0) is 32.3. The fourth-order valence-corrected chi connectivity index (χ4v) is 5.21. The lowest BCUT2D eigenvalue weighted by molar-refractivity contribution is -0.160. The van der Waals surface area contributed by atoms with Crippen LogP contribution in [0.5, 0.6) is 5.75 Å². The van der Waals surface area contributed by atoms with Gasteiger partial charge < -0.3 is 30.9 Å². The summed E-state index contributed by atoms with van der Waals surface area (Å²) in [5.74, 6) is -1.44. The number of rotatable bonds is 15. The van der Waals surface area contributed by atoms with Crippen LogP contribution in [0.4, 0.5) is 0 Å². The number of esters is 1. The standard InChI is InChI=1S/C33H46N4O7/c1-33(2,3)44-32(42)27-11-8-18-37(27)21-28(38)25(19-23-9-6-5-7-10-23)36-31(41)26(20-29(34)39)35-30(40)17-14-22-12-15-24(43-4)16-13-22/h5-7,9-10,12-13,15-16,25-28,38H,8,11,14,17-21H2,1-4H3,(H2,34,39)(H,35,40)(H,36,41)/t25-,26-,27-,28+/m0/s1. The largest absolute Gasteiger partial charge is 0.497 e. The second kappa shape index (κ2) is 16.2. The number of primary amides is 1. The Bertz CT molecular complexity index is 1250. The number of nitrogens with two attached hydrogens (primary N) is 1. The molecule has 0 radical (unpaired) electrons. The van der Waals surface area contributed by atoms with Gasteiger partial charge in [0.1, 0.15) is 23.4 Å². The van der Waals surface area contributed by atoms with Crippen LogP contribution in [-0.4, -0.2) is 83.7 Å². The summed E-state index contributed by atoms with van der Waals surface area (Å²) in [6.45, 7) is 6.15. The van der Waals surface area contributed by atoms with Gasteiger partial charge in [0.15, 0.2) is 0 Å². The number of aliphatic hydroxyl groups is 1. The zero-order valence-corrected chi connectivity index (χ0v) is 26.1. The van der Waals surface area contributed by atoms with E-state index < -0.39 is 54.0 Å². The van der Waals surface area contributed by atoms with Gasteiger partial charge in [-0.2, -0.15) is 0 Å². The second-order valence-electron chi connectivity index (χ2n) is 12.2. The maximum absolute atomic E-state index is 13.5. The van der Waals surface area contributed by atoms with Gasteiger partial charge in [0.05, 0.1) is 25.7 Å². The summed E-state index contributed by atoms with van der Waals surface area (Å²) in [4.78, 5) is 52.9. The zero-order valence-electron chi connectivity index (χ0n) is 26.1. The molecule has 3 amide bonds. The molecule has 2 aromatic rings. The SMILES string of the molecule is COc1ccc(CCC(=O)N[C@@H](CC(N)=O)C(=O)N[C@@H](Cc2ccccc2)[C@H](O)CN2CCC[C@H]2C(=O)OC(C)(C)C)cc1. The molecule has 1 heterocycles. The van der Waals surface area contributed by atoms with Gasteiger partial charge in [-0.15, -0.1) is 0 Å². The van der Waals surface area contributed by atoms with Crippen LogP contribution in [0.1, 0.15) is 57.6 Å². The van der Waals surface area contributed by atoms with E-state index in [0.717, 1.165) is 17.5 Å². The lowest BCUT2D eigenvalue weighted by atomic mass is 9.99. The molecule has 0 unspecified atom stereocenters. The second-order valence-corrected chi connectivity index (χ2v) is 12.2. The highest BCUT2D eigenvalue weighted by atomic mass is 16.6. The molecule has 0 aromatic heterocycles. The highest BCUT2D eigenvalue weighted by molar-refractivity contribution is 5.91. The van der Waals surface area contributed by atoms with Gasteiger partial charge in [0, 0.05) is 13.0 Å². The van der Waals surface area contributed by atoms with Gasteiger partial charge in [-0.3, -0.25) is 24.1 Å². The third-order valence-electron chi connectivity index (χ3n) is 7.41. The smallest absolute Gasteiger partial charge is 0.323 e. The van der Waals surface area contributed by atoms with Crippen molar-refractivity contribution in [2.24, 2.45) is 5.73 Å². The number of carbonyl (C=O) groups is 4. The lowest BCUT2D eigenvalue weighted by Crippen LogP contribution is -2.56. The van der Waals surface area contributed by atoms with E-state index in [1.807, 2.05) is 68.1 Å². The van der Waals surface area contributed by atoms with E-state index in [2.05, 4.69) is 10.6 Å². The lowest BCUT2D eigenvalue weighted by Gasteiger charge is -2.32. The highest BCUT2D eigenvalue weighted by Crippen LogP contribution is 2.22. The van der Waals surface area contributed by atoms with Crippen LogP contribution in [0.2, 0.25) is 0 Å². The number of likely N-dealkylation sites (tertiary alicyclic amines) is 1. The van der Waals surface area contributed by atoms with Crippen LogP contribution >= 0.6 is 0 Å². The van der Waals surface area contributed by atoms with Gasteiger partial charge in [-0.05, 0) is 76.3 Å². The Morgan fingerprint density at radius 1 is 1.02 bits per heavy atom. The summed E-state index contributed by atoms with van der Waals surface area (Å²) in [6, 6.07) is 14.2. The van der Waals surface area contributed by atoms with Gasteiger partial charge in [-0.25, -0.2) is 0 Å². The first-order chi connectivity index (χ1) is 20.8. The molecule has 3 rings (SSSR count). The molecular formula is C33H46N4O7. The quantitative estimate of drug-likeness (QED) is 0.223. The van der Waals surface area contributed by atoms with Crippen molar-refractivity contribution >= 4 is 23.7 Å². The Balaban J connectivity index is 1.70. The predicted molar refractivity (Wildman–Crippen MR) is 166 cm³/mol. The molecule has 11 nitrogen and oxygen atoms in total. The Labute approximate surface area is 259 Å². The molecule has 5 N–H and O–H groups in total. The third-order valence-corrected chi connectivity index (χ3v) is 7.41. The Hall–Kier alpha value is -3.96. The number of hydrogen-bond donors (Lipinski definition) is 4. The predicted octanol–water partition coefficient (Wildman–Crippen LogP) is 1.88. The molecule has 1 saturated heterocycles. The number of methoxy groups -OCH3 is 1. The minimum absolute atomic E-state index is 0.0892. The van der Waals surface area contributed by atoms with Crippen LogP contribution in [-0.2, 0) is 36.8 Å². The summed E-state index contributed by atoms with van der Waals surface area (Å²) in [5.41, 5.74) is 6.57. The maximum Gasteiger partial charge on any atom is 0.323 e. The van der Waals surface area contributed by atoms with Crippen molar-refractivity contribution in [3.63, 3.8) is 0 Å². The number of nitrogens with one attached hydrogen (secondary N) is 2. The first-order valence-electron chi connectivity index (χ1n) is 15.0. The van der Waals surface area contributed by atoms with Gasteiger partial charge >= 0.3 is 5.97 Å². The van der Waals surface area contributed by atoms with E-state index in [0.29, 0.717) is 25.1 Å². The molecule has 0 saturated carbocycles. The van der Waals surface area contributed by atoms with E-state index in [1.54, 1.807) is 19.2 Å². The first-order valence-corrected chi connectivity index (χ1v) is 15.0. The number of aryl methyl sites for hydroxylation is 1. The monoisotopic (exact) mass is 610 g/mol. The molecule has 240 valence electrons. The van der Waals surface area contributed by atoms with Crippen molar-refractivity contribution in [2.45, 2.75) is 89.1 Å². The van der Waals surface area contributed by atoms with Crippen LogP contribution in [0.15, 0.2) is 54.6 Å². The van der Waals surface area contributed by atoms with Gasteiger partial charge in [0.25, 0.3) is 0 Å². The first kappa shape index (κ1) is 34.5. The maximum atomic E-state index is 13.5. The molecule has 1 fully saturated rings. The Morgan fingerprint density at radius 2 is 1.70 bits per heavy atom. The molecular weight excluding hydrogens is 564 g/mol. The molecule has 2 aromatic carbocycles. The summed E-state index contributed by atoms with van der Waals surface area (Å²) >= 11 is 0. The molecule has 11 heteroatoms. The number of hydrogen-bond acceptors (Lipinski definition) is 8. The van der Waals surface area contributed by atoms with E-state index in [9.17, 15) is 24.3 Å². The molecule has 1 aliphatic heterocycles. The third kappa shape index (κ3) is 11.3. The number of ether oxygens (including phenoxy) is 2. The fourth-order valence-electron chi connectivity index (χ4n) is 5.21. The summed E-state index contributed by atoms with van der Waals surface area (Å²) in [6.07, 6.45) is 0.712. The van der Waals surface area contributed by atoms with Crippen molar-refractivity contribution in [3.8, 4) is 5.75 Å². The van der Waals surface area contributed by atoms with E-state index in [4.69, 9.17) is 15.2 Å². The summed E-state index contributed by atoms with van der Waals surface area (Å²) in [5, 5.41) is 16.9. The molecule has 44 heavy (non-hydrogen) atoms. The Kier molecular flexibility index (Phi) is 12.7. The fraction of sp³-hybridized carbons (Fsp3) is 0.515. The van der Waals surface area contributed by atoms with E-state index >= 15 is 0 Å². The van der Waals surface area contributed by atoms with Gasteiger partial charge in [0.2, 0.25) is 17.7 Å². The number of nitrogens with zero attached hydrogens (tertiary/aromatic N) is 1. The number of carbonyl (C=O) groups excluding carboxylic acids is 4. The van der Waals surface area contributed by atoms with Crippen LogP contribution < -0.4 is 21.1 Å². The average Bonchev–Trinajstić information content (AvgIpc) is 3.43. The number of amides is 3. The molecule has 0 aliphatic carbocycles. The summed E-state index contributed by atoms with van der Waals surface area (Å²) < 4.78 is 10.8. The van der Waals surface area contributed by atoms with E-state index in [1.165, 1.54) is 0 Å². The minimum Gasteiger partial charge on any atom is -0.497 e. The number of benzene rings is 2. The van der Waals surface area contributed by atoms with Gasteiger partial charge in [-0.1, -0.05) is 42.5 Å². The van der Waals surface area contributed by atoms with Crippen molar-refractivity contribution in [3.05, 3.63) is 65.7 Å². The van der Waals surface area contributed by atoms with Crippen LogP contribution in [0.25, 0.3) is 0 Å². The molecule has 1 aliphatic rings.